The van der Waals surface area contributed by atoms with Gasteiger partial charge in [0.15, 0.2) is 0 Å². The number of hydrogen-bond donors (Lipinski definition) is 2. The average molecular weight is 497 g/mol. The molecule has 3 aromatic rings. The lowest BCUT2D eigenvalue weighted by atomic mass is 10.1. The van der Waals surface area contributed by atoms with Crippen LogP contribution in [0.1, 0.15) is 55.1 Å². The molecule has 0 fully saturated rings. The van der Waals surface area contributed by atoms with Crippen molar-refractivity contribution in [2.24, 2.45) is 5.10 Å². The van der Waals surface area contributed by atoms with E-state index in [0.717, 1.165) is 41.8 Å². The maximum absolute atomic E-state index is 13.5. The van der Waals surface area contributed by atoms with Gasteiger partial charge in [-0.25, -0.2) is 10.3 Å². The average Bonchev–Trinajstić information content (AvgIpc) is 3.25. The van der Waals surface area contributed by atoms with Crippen molar-refractivity contribution in [3.05, 3.63) is 101 Å². The van der Waals surface area contributed by atoms with E-state index >= 15 is 0 Å². The number of amides is 1. The SMILES string of the molecule is CCCC1=NN(c2ccccc2C(=O)ONc2ccccc2CC)C(=O)C1=CNc1ccccc1CC. The minimum Gasteiger partial charge on any atom is -0.361 e. The molecular formula is C30H32N4O3. The third kappa shape index (κ3) is 5.72. The van der Waals surface area contributed by atoms with Crippen LogP contribution in [0.4, 0.5) is 17.1 Å². The second-order valence-electron chi connectivity index (χ2n) is 8.65. The Labute approximate surface area is 217 Å². The van der Waals surface area contributed by atoms with E-state index in [1.165, 1.54) is 5.01 Å². The third-order valence-electron chi connectivity index (χ3n) is 6.22. The van der Waals surface area contributed by atoms with E-state index in [1.54, 1.807) is 30.5 Å². The van der Waals surface area contributed by atoms with Gasteiger partial charge >= 0.3 is 5.97 Å². The Morgan fingerprint density at radius 1 is 0.892 bits per heavy atom. The van der Waals surface area contributed by atoms with Gasteiger partial charge in [-0.15, -0.1) is 0 Å². The Morgan fingerprint density at radius 2 is 1.51 bits per heavy atom. The van der Waals surface area contributed by atoms with Gasteiger partial charge in [0, 0.05) is 11.9 Å². The first-order chi connectivity index (χ1) is 18.1. The largest absolute Gasteiger partial charge is 0.364 e. The summed E-state index contributed by atoms with van der Waals surface area (Å²) in [5, 5.41) is 9.20. The Bertz CT molecular complexity index is 1350. The molecule has 1 aliphatic heterocycles. The highest BCUT2D eigenvalue weighted by molar-refractivity contribution is 6.31. The molecule has 0 saturated heterocycles. The van der Waals surface area contributed by atoms with E-state index in [0.29, 0.717) is 23.4 Å². The number of anilines is 3. The highest BCUT2D eigenvalue weighted by Gasteiger charge is 2.33. The molecule has 0 aromatic heterocycles. The molecule has 0 atom stereocenters. The molecule has 1 amide bonds. The number of carbonyl (C=O) groups excluding carboxylic acids is 2. The lowest BCUT2D eigenvalue weighted by Gasteiger charge is -2.16. The van der Waals surface area contributed by atoms with Crippen LogP contribution >= 0.6 is 0 Å². The van der Waals surface area contributed by atoms with Gasteiger partial charge in [-0.2, -0.15) is 10.1 Å². The van der Waals surface area contributed by atoms with Crippen molar-refractivity contribution in [3.63, 3.8) is 0 Å². The zero-order valence-electron chi connectivity index (χ0n) is 21.5. The number of hydrazone groups is 1. The maximum Gasteiger partial charge on any atom is 0.364 e. The van der Waals surface area contributed by atoms with Crippen LogP contribution in [0.5, 0.6) is 0 Å². The van der Waals surface area contributed by atoms with Gasteiger partial charge in [-0.05, 0) is 54.7 Å². The van der Waals surface area contributed by atoms with Crippen LogP contribution in [-0.4, -0.2) is 17.6 Å². The molecule has 0 bridgehead atoms. The zero-order valence-corrected chi connectivity index (χ0v) is 21.5. The van der Waals surface area contributed by atoms with E-state index in [1.807, 2.05) is 56.3 Å². The Morgan fingerprint density at radius 3 is 2.22 bits per heavy atom. The molecule has 1 heterocycles. The summed E-state index contributed by atoms with van der Waals surface area (Å²) in [4.78, 5) is 32.0. The van der Waals surface area contributed by atoms with Crippen LogP contribution < -0.4 is 15.8 Å². The fraction of sp³-hybridized carbons (Fsp3) is 0.233. The molecule has 37 heavy (non-hydrogen) atoms. The van der Waals surface area contributed by atoms with E-state index in [4.69, 9.17) is 4.84 Å². The van der Waals surface area contributed by atoms with Crippen molar-refractivity contribution in [3.8, 4) is 0 Å². The van der Waals surface area contributed by atoms with Crippen LogP contribution in [0.15, 0.2) is 89.7 Å². The summed E-state index contributed by atoms with van der Waals surface area (Å²) >= 11 is 0. The lowest BCUT2D eigenvalue weighted by molar-refractivity contribution is -0.114. The van der Waals surface area contributed by atoms with E-state index in [2.05, 4.69) is 28.9 Å². The number of para-hydroxylation sites is 3. The number of hydrogen-bond acceptors (Lipinski definition) is 6. The first-order valence-corrected chi connectivity index (χ1v) is 12.7. The quantitative estimate of drug-likeness (QED) is 0.247. The van der Waals surface area contributed by atoms with E-state index in [-0.39, 0.29) is 11.5 Å². The maximum atomic E-state index is 13.5. The highest BCUT2D eigenvalue weighted by atomic mass is 16.7. The van der Waals surface area contributed by atoms with Gasteiger partial charge in [0.05, 0.1) is 28.2 Å². The van der Waals surface area contributed by atoms with Crippen LogP contribution in [0, 0.1) is 0 Å². The lowest BCUT2D eigenvalue weighted by Crippen LogP contribution is -2.25. The van der Waals surface area contributed by atoms with Gasteiger partial charge in [0.1, 0.15) is 0 Å². The minimum absolute atomic E-state index is 0.238. The Kier molecular flexibility index (Phi) is 8.36. The molecule has 3 aromatic carbocycles. The monoisotopic (exact) mass is 496 g/mol. The fourth-order valence-electron chi connectivity index (χ4n) is 4.22. The minimum atomic E-state index is -0.603. The van der Waals surface area contributed by atoms with Crippen molar-refractivity contribution in [1.29, 1.82) is 0 Å². The zero-order chi connectivity index (χ0) is 26.2. The van der Waals surface area contributed by atoms with Crippen molar-refractivity contribution >= 4 is 34.7 Å². The topological polar surface area (TPSA) is 83.0 Å². The van der Waals surface area contributed by atoms with Gasteiger partial charge in [0.2, 0.25) is 0 Å². The first-order valence-electron chi connectivity index (χ1n) is 12.7. The molecule has 4 rings (SSSR count). The van der Waals surface area contributed by atoms with Crippen molar-refractivity contribution in [1.82, 2.24) is 0 Å². The summed E-state index contributed by atoms with van der Waals surface area (Å²) in [7, 11) is 0. The number of nitrogens with zero attached hydrogens (tertiary/aromatic N) is 2. The fourth-order valence-corrected chi connectivity index (χ4v) is 4.22. The smallest absolute Gasteiger partial charge is 0.361 e. The summed E-state index contributed by atoms with van der Waals surface area (Å²) in [5.41, 5.74) is 8.38. The molecule has 0 aliphatic carbocycles. The van der Waals surface area contributed by atoms with Crippen molar-refractivity contribution in [2.45, 2.75) is 46.5 Å². The molecule has 2 N–H and O–H groups in total. The summed E-state index contributed by atoms with van der Waals surface area (Å²) in [6.07, 6.45) is 4.84. The summed E-state index contributed by atoms with van der Waals surface area (Å²) in [6, 6.07) is 22.5. The second kappa shape index (κ2) is 12.0. The van der Waals surface area contributed by atoms with Gasteiger partial charge in [-0.1, -0.05) is 75.7 Å². The normalized spacial score (nSPS) is 14.0. The van der Waals surface area contributed by atoms with E-state index in [9.17, 15) is 9.59 Å². The molecule has 7 heteroatoms. The predicted molar refractivity (Wildman–Crippen MR) is 149 cm³/mol. The molecule has 0 radical (unpaired) electrons. The summed E-state index contributed by atoms with van der Waals surface area (Å²) in [6.45, 7) is 6.16. The molecular weight excluding hydrogens is 464 g/mol. The molecule has 0 saturated carbocycles. The van der Waals surface area contributed by atoms with Gasteiger partial charge in [0.25, 0.3) is 5.91 Å². The number of rotatable bonds is 10. The Hall–Kier alpha value is -4.39. The Balaban J connectivity index is 1.59. The molecule has 0 spiro atoms. The predicted octanol–water partition coefficient (Wildman–Crippen LogP) is 6.49. The van der Waals surface area contributed by atoms with Crippen LogP contribution in [-0.2, 0) is 22.5 Å². The second-order valence-corrected chi connectivity index (χ2v) is 8.65. The third-order valence-corrected chi connectivity index (χ3v) is 6.22. The number of aryl methyl sites for hydroxylation is 2. The molecule has 190 valence electrons. The number of nitrogens with one attached hydrogen (secondary N) is 2. The van der Waals surface area contributed by atoms with Gasteiger partial charge < -0.3 is 10.2 Å². The van der Waals surface area contributed by atoms with E-state index < -0.39 is 5.97 Å². The highest BCUT2D eigenvalue weighted by Crippen LogP contribution is 2.29. The van der Waals surface area contributed by atoms with Crippen LogP contribution in [0.25, 0.3) is 0 Å². The van der Waals surface area contributed by atoms with Crippen molar-refractivity contribution < 1.29 is 14.4 Å². The van der Waals surface area contributed by atoms with Gasteiger partial charge in [-0.3, -0.25) is 4.79 Å². The van der Waals surface area contributed by atoms with Crippen molar-refractivity contribution in [2.75, 3.05) is 15.8 Å². The van der Waals surface area contributed by atoms with Crippen LogP contribution in [0.2, 0.25) is 0 Å². The molecule has 0 unspecified atom stereocenters. The number of benzene rings is 3. The summed E-state index contributed by atoms with van der Waals surface area (Å²) in [5.74, 6) is -0.900. The number of carbonyl (C=O) groups is 2. The molecule has 7 nitrogen and oxygen atoms in total. The molecule has 1 aliphatic rings. The summed E-state index contributed by atoms with van der Waals surface area (Å²) < 4.78 is 0. The standard InChI is InChI=1S/C30H32N4O3/c1-4-13-27-24(20-31-25-17-10-7-14-21(25)5-2)29(35)34(32-27)28-19-12-9-16-23(28)30(36)37-33-26-18-11-8-15-22(26)6-3/h7-12,14-20,31,33H,4-6,13H2,1-3H3. The first kappa shape index (κ1) is 25.7. The van der Waals surface area contributed by atoms with Crippen LogP contribution in [0.3, 0.4) is 0 Å².